The van der Waals surface area contributed by atoms with Gasteiger partial charge in [-0.05, 0) is 18.1 Å². The zero-order valence-corrected chi connectivity index (χ0v) is 10.4. The van der Waals surface area contributed by atoms with Gasteiger partial charge in [-0.25, -0.2) is 0 Å². The maximum atomic E-state index is 10.5. The number of hydrogen-bond acceptors (Lipinski definition) is 3. The Hall–Kier alpha value is -1.22. The summed E-state index contributed by atoms with van der Waals surface area (Å²) < 4.78 is 10.4. The lowest BCUT2D eigenvalue weighted by Gasteiger charge is -2.17. The number of halogens is 1. The zero-order valence-electron chi connectivity index (χ0n) is 9.62. The fourth-order valence-electron chi connectivity index (χ4n) is 1.61. The van der Waals surface area contributed by atoms with Gasteiger partial charge in [-0.1, -0.05) is 18.5 Å². The Kier molecular flexibility index (Phi) is 4.62. The van der Waals surface area contributed by atoms with Crippen LogP contribution in [0.3, 0.4) is 0 Å². The molecule has 0 aliphatic carbocycles. The van der Waals surface area contributed by atoms with E-state index < -0.39 is 0 Å². The first-order valence-corrected chi connectivity index (χ1v) is 5.37. The van der Waals surface area contributed by atoms with E-state index in [0.29, 0.717) is 22.9 Å². The van der Waals surface area contributed by atoms with Gasteiger partial charge >= 0.3 is 0 Å². The van der Waals surface area contributed by atoms with Gasteiger partial charge in [0, 0.05) is 12.0 Å². The molecule has 1 aromatic carbocycles. The number of hydrogen-bond donors (Lipinski definition) is 0. The molecular weight excluding hydrogens is 228 g/mol. The summed E-state index contributed by atoms with van der Waals surface area (Å²) in [6.07, 6.45) is 1.28. The number of methoxy groups -OCH3 is 2. The molecule has 1 unspecified atom stereocenters. The molecule has 0 aromatic heterocycles. The third kappa shape index (κ3) is 2.47. The third-order valence-corrected chi connectivity index (χ3v) is 2.88. The van der Waals surface area contributed by atoms with Crippen molar-refractivity contribution in [1.82, 2.24) is 0 Å². The van der Waals surface area contributed by atoms with Gasteiger partial charge in [-0.2, -0.15) is 0 Å². The SMILES string of the molecule is COc1ccc(OC)c(C(C)CC=O)c1Cl. The quantitative estimate of drug-likeness (QED) is 0.745. The van der Waals surface area contributed by atoms with E-state index in [1.54, 1.807) is 26.4 Å². The molecule has 0 aliphatic rings. The van der Waals surface area contributed by atoms with Crippen molar-refractivity contribution in [2.45, 2.75) is 19.3 Å². The zero-order chi connectivity index (χ0) is 12.1. The summed E-state index contributed by atoms with van der Waals surface area (Å²) in [5.41, 5.74) is 0.815. The molecule has 0 heterocycles. The van der Waals surface area contributed by atoms with Crippen LogP contribution in [0.4, 0.5) is 0 Å². The normalized spacial score (nSPS) is 12.0. The first kappa shape index (κ1) is 12.8. The second-order valence-electron chi connectivity index (χ2n) is 3.50. The third-order valence-electron chi connectivity index (χ3n) is 2.49. The monoisotopic (exact) mass is 242 g/mol. The molecule has 88 valence electrons. The van der Waals surface area contributed by atoms with E-state index >= 15 is 0 Å². The lowest BCUT2D eigenvalue weighted by atomic mass is 9.97. The maximum Gasteiger partial charge on any atom is 0.138 e. The van der Waals surface area contributed by atoms with E-state index in [9.17, 15) is 4.79 Å². The fourth-order valence-corrected chi connectivity index (χ4v) is 2.03. The molecule has 0 saturated heterocycles. The highest BCUT2D eigenvalue weighted by atomic mass is 35.5. The van der Waals surface area contributed by atoms with Gasteiger partial charge in [0.1, 0.15) is 17.8 Å². The highest BCUT2D eigenvalue weighted by molar-refractivity contribution is 6.33. The van der Waals surface area contributed by atoms with E-state index in [4.69, 9.17) is 21.1 Å². The predicted octanol–water partition coefficient (Wildman–Crippen LogP) is 3.05. The lowest BCUT2D eigenvalue weighted by Crippen LogP contribution is -2.01. The van der Waals surface area contributed by atoms with Crippen LogP contribution in [-0.4, -0.2) is 20.5 Å². The van der Waals surface area contributed by atoms with Crippen molar-refractivity contribution in [2.24, 2.45) is 0 Å². The number of ether oxygens (including phenoxy) is 2. The maximum absolute atomic E-state index is 10.5. The highest BCUT2D eigenvalue weighted by Gasteiger charge is 2.18. The Morgan fingerprint density at radius 1 is 1.31 bits per heavy atom. The number of aldehydes is 1. The summed E-state index contributed by atoms with van der Waals surface area (Å²) in [4.78, 5) is 10.5. The van der Waals surface area contributed by atoms with Crippen molar-refractivity contribution in [3.63, 3.8) is 0 Å². The Morgan fingerprint density at radius 3 is 2.38 bits per heavy atom. The Morgan fingerprint density at radius 2 is 1.88 bits per heavy atom. The minimum Gasteiger partial charge on any atom is -0.496 e. The van der Waals surface area contributed by atoms with Crippen LogP contribution >= 0.6 is 11.6 Å². The molecule has 0 amide bonds. The van der Waals surface area contributed by atoms with Crippen LogP contribution < -0.4 is 9.47 Å². The molecule has 4 heteroatoms. The molecule has 0 N–H and O–H groups in total. The first-order chi connectivity index (χ1) is 7.65. The average Bonchev–Trinajstić information content (AvgIpc) is 2.28. The molecule has 0 fully saturated rings. The summed E-state index contributed by atoms with van der Waals surface area (Å²) in [5.74, 6) is 1.28. The van der Waals surface area contributed by atoms with Crippen LogP contribution in [0.15, 0.2) is 12.1 Å². The minimum absolute atomic E-state index is 0.00931. The van der Waals surface area contributed by atoms with Crippen molar-refractivity contribution in [2.75, 3.05) is 14.2 Å². The van der Waals surface area contributed by atoms with E-state index in [2.05, 4.69) is 0 Å². The first-order valence-electron chi connectivity index (χ1n) is 4.99. The van der Waals surface area contributed by atoms with Gasteiger partial charge in [0.2, 0.25) is 0 Å². The van der Waals surface area contributed by atoms with Crippen molar-refractivity contribution in [1.29, 1.82) is 0 Å². The van der Waals surface area contributed by atoms with Gasteiger partial charge < -0.3 is 14.3 Å². The van der Waals surface area contributed by atoms with Gasteiger partial charge in [0.05, 0.1) is 19.2 Å². The molecule has 0 aliphatic heterocycles. The van der Waals surface area contributed by atoms with E-state index in [0.717, 1.165) is 11.8 Å². The second-order valence-corrected chi connectivity index (χ2v) is 3.88. The molecule has 16 heavy (non-hydrogen) atoms. The predicted molar refractivity (Wildman–Crippen MR) is 63.7 cm³/mol. The molecule has 1 atom stereocenters. The standard InChI is InChI=1S/C12H15ClO3/c1-8(6-7-14)11-9(15-2)4-5-10(16-3)12(11)13/h4-5,7-8H,6H2,1-3H3. The van der Waals surface area contributed by atoms with Crippen molar-refractivity contribution >= 4 is 17.9 Å². The summed E-state index contributed by atoms with van der Waals surface area (Å²) in [6.45, 7) is 1.93. The molecule has 0 saturated carbocycles. The van der Waals surface area contributed by atoms with Crippen LogP contribution in [0, 0.1) is 0 Å². The fraction of sp³-hybridized carbons (Fsp3) is 0.417. The Balaban J connectivity index is 3.25. The van der Waals surface area contributed by atoms with Crippen LogP contribution in [-0.2, 0) is 4.79 Å². The number of carbonyl (C=O) groups is 1. The van der Waals surface area contributed by atoms with Gasteiger partial charge in [-0.3, -0.25) is 0 Å². The van der Waals surface area contributed by atoms with Crippen LogP contribution in [0.25, 0.3) is 0 Å². The van der Waals surface area contributed by atoms with E-state index in [-0.39, 0.29) is 5.92 Å². The largest absolute Gasteiger partial charge is 0.496 e. The summed E-state index contributed by atoms with van der Waals surface area (Å²) >= 11 is 6.20. The number of carbonyl (C=O) groups excluding carboxylic acids is 1. The van der Waals surface area contributed by atoms with E-state index in [1.165, 1.54) is 0 Å². The van der Waals surface area contributed by atoms with Crippen molar-refractivity contribution in [3.8, 4) is 11.5 Å². The van der Waals surface area contributed by atoms with Crippen LogP contribution in [0.5, 0.6) is 11.5 Å². The summed E-state index contributed by atoms with van der Waals surface area (Å²) in [5, 5.41) is 0.510. The molecule has 1 rings (SSSR count). The molecule has 0 radical (unpaired) electrons. The van der Waals surface area contributed by atoms with Crippen LogP contribution in [0.2, 0.25) is 5.02 Å². The summed E-state index contributed by atoms with van der Waals surface area (Å²) in [7, 11) is 3.14. The average molecular weight is 243 g/mol. The molecule has 0 bridgehead atoms. The number of benzene rings is 1. The minimum atomic E-state index is 0.00931. The second kappa shape index (κ2) is 5.75. The smallest absolute Gasteiger partial charge is 0.138 e. The summed E-state index contributed by atoms with van der Waals surface area (Å²) in [6, 6.07) is 3.54. The highest BCUT2D eigenvalue weighted by Crippen LogP contribution is 2.40. The Labute approximate surface area is 100 Å². The molecule has 3 nitrogen and oxygen atoms in total. The van der Waals surface area contributed by atoms with Gasteiger partial charge in [-0.15, -0.1) is 0 Å². The molecule has 0 spiro atoms. The number of rotatable bonds is 5. The van der Waals surface area contributed by atoms with Gasteiger partial charge in [0.15, 0.2) is 0 Å². The molecular formula is C12H15ClO3. The topological polar surface area (TPSA) is 35.5 Å². The van der Waals surface area contributed by atoms with E-state index in [1.807, 2.05) is 6.92 Å². The van der Waals surface area contributed by atoms with Crippen molar-refractivity contribution < 1.29 is 14.3 Å². The van der Waals surface area contributed by atoms with Gasteiger partial charge in [0.25, 0.3) is 0 Å². The van der Waals surface area contributed by atoms with Crippen LogP contribution in [0.1, 0.15) is 24.8 Å². The van der Waals surface area contributed by atoms with Crippen molar-refractivity contribution in [3.05, 3.63) is 22.7 Å². The Bertz CT molecular complexity index is 377. The lowest BCUT2D eigenvalue weighted by molar-refractivity contribution is -0.108. The molecule has 1 aromatic rings.